The first-order chi connectivity index (χ1) is 13.6. The van der Waals surface area contributed by atoms with E-state index in [0.29, 0.717) is 0 Å². The summed E-state index contributed by atoms with van der Waals surface area (Å²) < 4.78 is 0. The van der Waals surface area contributed by atoms with Crippen molar-refractivity contribution in [1.29, 1.82) is 0 Å². The average Bonchev–Trinajstić information content (AvgIpc) is 2.95. The molecule has 5 rings (SSSR count). The second kappa shape index (κ2) is 6.29. The second-order valence-corrected chi connectivity index (χ2v) is 8.10. The summed E-state index contributed by atoms with van der Waals surface area (Å²) in [6.45, 7) is 4.46. The van der Waals surface area contributed by atoms with Crippen LogP contribution in [0.1, 0.15) is 25.0 Å². The molecule has 136 valence electrons. The Bertz CT molecular complexity index is 1180. The molecule has 1 heterocycles. The van der Waals surface area contributed by atoms with E-state index < -0.39 is 0 Å². The Morgan fingerprint density at radius 1 is 0.714 bits per heavy atom. The van der Waals surface area contributed by atoms with Gasteiger partial charge < -0.3 is 0 Å². The molecule has 0 saturated heterocycles. The molecule has 0 spiro atoms. The number of hydrogen-bond donors (Lipinski definition) is 0. The third kappa shape index (κ3) is 2.56. The zero-order valence-corrected chi connectivity index (χ0v) is 16.5. The largest absolute Gasteiger partial charge is 0.228 e. The fraction of sp³-hybridized carbons (Fsp3) is 0.120. The maximum atomic E-state index is 6.34. The highest BCUT2D eigenvalue weighted by Crippen LogP contribution is 2.51. The molecule has 1 aromatic heterocycles. The number of hydrogen-bond acceptors (Lipinski definition) is 2. The van der Waals surface area contributed by atoms with Crippen LogP contribution in [0.25, 0.3) is 33.9 Å². The van der Waals surface area contributed by atoms with Crippen molar-refractivity contribution in [1.82, 2.24) is 9.97 Å². The lowest BCUT2D eigenvalue weighted by atomic mass is 9.81. The van der Waals surface area contributed by atoms with Crippen molar-refractivity contribution in [2.45, 2.75) is 19.3 Å². The van der Waals surface area contributed by atoms with Gasteiger partial charge in [-0.1, -0.05) is 92.2 Å². The van der Waals surface area contributed by atoms with Crippen molar-refractivity contribution in [3.05, 3.63) is 95.0 Å². The summed E-state index contributed by atoms with van der Waals surface area (Å²) >= 11 is 6.34. The predicted octanol–water partition coefficient (Wildman–Crippen LogP) is 6.77. The van der Waals surface area contributed by atoms with Gasteiger partial charge in [-0.3, -0.25) is 0 Å². The van der Waals surface area contributed by atoms with Gasteiger partial charge in [0.2, 0.25) is 0 Å². The second-order valence-electron chi connectivity index (χ2n) is 7.67. The van der Waals surface area contributed by atoms with E-state index in [4.69, 9.17) is 21.6 Å². The summed E-state index contributed by atoms with van der Waals surface area (Å²) in [4.78, 5) is 10.1. The number of benzene rings is 3. The van der Waals surface area contributed by atoms with Crippen LogP contribution in [0.2, 0.25) is 5.02 Å². The SMILES string of the molecule is CC1(C)c2cc(Cl)ccc2-c2nc(-c3ccccc3)nc(-c3ccccc3)c21. The zero-order valence-electron chi connectivity index (χ0n) is 15.8. The van der Waals surface area contributed by atoms with Crippen molar-refractivity contribution >= 4 is 11.6 Å². The number of rotatable bonds is 2. The zero-order chi connectivity index (χ0) is 19.3. The molecule has 3 aromatic carbocycles. The summed E-state index contributed by atoms with van der Waals surface area (Å²) in [5.74, 6) is 0.747. The van der Waals surface area contributed by atoms with Crippen LogP contribution in [0.4, 0.5) is 0 Å². The summed E-state index contributed by atoms with van der Waals surface area (Å²) in [6, 6.07) is 26.6. The van der Waals surface area contributed by atoms with Crippen LogP contribution in [0.5, 0.6) is 0 Å². The van der Waals surface area contributed by atoms with Gasteiger partial charge in [0.1, 0.15) is 0 Å². The highest BCUT2D eigenvalue weighted by atomic mass is 35.5. The normalized spacial score (nSPS) is 13.8. The highest BCUT2D eigenvalue weighted by molar-refractivity contribution is 6.30. The predicted molar refractivity (Wildman–Crippen MR) is 115 cm³/mol. The van der Waals surface area contributed by atoms with Crippen molar-refractivity contribution in [2.75, 3.05) is 0 Å². The molecule has 28 heavy (non-hydrogen) atoms. The van der Waals surface area contributed by atoms with E-state index in [0.717, 1.165) is 44.5 Å². The van der Waals surface area contributed by atoms with E-state index in [9.17, 15) is 0 Å². The van der Waals surface area contributed by atoms with Crippen molar-refractivity contribution in [2.24, 2.45) is 0 Å². The molecule has 0 bridgehead atoms. The lowest BCUT2D eigenvalue weighted by molar-refractivity contribution is 0.658. The molecule has 1 aliphatic rings. The first-order valence-corrected chi connectivity index (χ1v) is 9.77. The molecule has 0 radical (unpaired) electrons. The summed E-state index contributed by atoms with van der Waals surface area (Å²) in [5, 5.41) is 0.747. The molecule has 0 unspecified atom stereocenters. The van der Waals surface area contributed by atoms with Gasteiger partial charge in [0.05, 0.1) is 11.4 Å². The van der Waals surface area contributed by atoms with E-state index in [-0.39, 0.29) is 5.41 Å². The van der Waals surface area contributed by atoms with Gasteiger partial charge in [0, 0.05) is 32.7 Å². The van der Waals surface area contributed by atoms with Crippen LogP contribution < -0.4 is 0 Å². The quantitative estimate of drug-likeness (QED) is 0.382. The molecule has 0 fully saturated rings. The molecule has 0 atom stereocenters. The minimum atomic E-state index is -0.226. The molecule has 2 nitrogen and oxygen atoms in total. The summed E-state index contributed by atoms with van der Waals surface area (Å²) in [7, 11) is 0. The van der Waals surface area contributed by atoms with Crippen molar-refractivity contribution < 1.29 is 0 Å². The Balaban J connectivity index is 1.87. The first-order valence-electron chi connectivity index (χ1n) is 9.39. The third-order valence-electron chi connectivity index (χ3n) is 5.52. The van der Waals surface area contributed by atoms with E-state index in [2.05, 4.69) is 62.4 Å². The van der Waals surface area contributed by atoms with Gasteiger partial charge in [-0.2, -0.15) is 0 Å². The molecule has 1 aliphatic carbocycles. The van der Waals surface area contributed by atoms with E-state index in [1.54, 1.807) is 0 Å². The lowest BCUT2D eigenvalue weighted by Gasteiger charge is -2.24. The molecule has 0 amide bonds. The van der Waals surface area contributed by atoms with Crippen LogP contribution in [0.3, 0.4) is 0 Å². The Kier molecular flexibility index (Phi) is 3.85. The van der Waals surface area contributed by atoms with Gasteiger partial charge in [-0.15, -0.1) is 0 Å². The Hall–Kier alpha value is -2.97. The monoisotopic (exact) mass is 382 g/mol. The third-order valence-corrected chi connectivity index (χ3v) is 5.76. The van der Waals surface area contributed by atoms with Crippen molar-refractivity contribution in [3.8, 4) is 33.9 Å². The summed E-state index contributed by atoms with van der Waals surface area (Å²) in [6.07, 6.45) is 0. The van der Waals surface area contributed by atoms with E-state index in [1.807, 2.05) is 30.3 Å². The highest BCUT2D eigenvalue weighted by Gasteiger charge is 2.40. The molecule has 0 saturated carbocycles. The van der Waals surface area contributed by atoms with Gasteiger partial charge in [0.25, 0.3) is 0 Å². The average molecular weight is 383 g/mol. The Labute approximate surface area is 169 Å². The molecular formula is C25H19ClN2. The van der Waals surface area contributed by atoms with E-state index >= 15 is 0 Å². The molecule has 4 aromatic rings. The van der Waals surface area contributed by atoms with Crippen molar-refractivity contribution in [3.63, 3.8) is 0 Å². The fourth-order valence-electron chi connectivity index (χ4n) is 4.14. The van der Waals surface area contributed by atoms with Crippen LogP contribution >= 0.6 is 11.6 Å². The van der Waals surface area contributed by atoms with Crippen LogP contribution in [0.15, 0.2) is 78.9 Å². The minimum Gasteiger partial charge on any atom is -0.228 e. The van der Waals surface area contributed by atoms with Crippen LogP contribution in [-0.4, -0.2) is 9.97 Å². The molecule has 0 N–H and O–H groups in total. The fourth-order valence-corrected chi connectivity index (χ4v) is 4.32. The number of nitrogens with zero attached hydrogens (tertiary/aromatic N) is 2. The number of halogens is 1. The maximum Gasteiger partial charge on any atom is 0.160 e. The number of aromatic nitrogens is 2. The smallest absolute Gasteiger partial charge is 0.160 e. The lowest BCUT2D eigenvalue weighted by Crippen LogP contribution is -2.17. The standard InChI is InChI=1S/C25H19ClN2/c1-25(2)20-15-18(26)13-14-19(20)23-21(25)22(16-9-5-3-6-10-16)27-24(28-23)17-11-7-4-8-12-17/h3-15H,1-2H3. The Morgan fingerprint density at radius 3 is 2.00 bits per heavy atom. The van der Waals surface area contributed by atoms with E-state index in [1.165, 1.54) is 5.56 Å². The minimum absolute atomic E-state index is 0.226. The number of fused-ring (bicyclic) bond motifs is 3. The molecule has 3 heteroatoms. The molecule has 0 aliphatic heterocycles. The molecular weight excluding hydrogens is 364 g/mol. The topological polar surface area (TPSA) is 25.8 Å². The van der Waals surface area contributed by atoms with Gasteiger partial charge in [-0.25, -0.2) is 9.97 Å². The summed E-state index contributed by atoms with van der Waals surface area (Å²) in [5.41, 5.74) is 7.39. The van der Waals surface area contributed by atoms with Crippen LogP contribution in [0, 0.1) is 0 Å². The van der Waals surface area contributed by atoms with Gasteiger partial charge in [0.15, 0.2) is 5.82 Å². The first kappa shape index (κ1) is 17.2. The van der Waals surface area contributed by atoms with Crippen LogP contribution in [-0.2, 0) is 5.41 Å². The Morgan fingerprint density at radius 2 is 1.32 bits per heavy atom. The maximum absolute atomic E-state index is 6.34. The van der Waals surface area contributed by atoms with Gasteiger partial charge >= 0.3 is 0 Å². The van der Waals surface area contributed by atoms with Gasteiger partial charge in [-0.05, 0) is 17.7 Å².